The number of nitrogens with zero attached hydrogens (tertiary/aromatic N) is 1. The van der Waals surface area contributed by atoms with Crippen molar-refractivity contribution in [2.45, 2.75) is 24.7 Å². The number of methoxy groups -OCH3 is 2. The molecule has 0 spiro atoms. The summed E-state index contributed by atoms with van der Waals surface area (Å²) in [6.07, 6.45) is 1.45. The molecule has 0 saturated carbocycles. The van der Waals surface area contributed by atoms with Crippen molar-refractivity contribution in [2.24, 2.45) is 5.10 Å². The first-order valence-corrected chi connectivity index (χ1v) is 9.22. The van der Waals surface area contributed by atoms with Crippen molar-refractivity contribution in [3.05, 3.63) is 53.6 Å². The molecule has 0 heterocycles. The molecule has 6 nitrogen and oxygen atoms in total. The third kappa shape index (κ3) is 4.73. The van der Waals surface area contributed by atoms with Crippen LogP contribution < -0.4 is 14.3 Å². The highest BCUT2D eigenvalue weighted by molar-refractivity contribution is 7.89. The molecule has 0 aliphatic carbocycles. The zero-order valence-electron chi connectivity index (χ0n) is 14.7. The first kappa shape index (κ1) is 18.8. The number of hydrogen-bond acceptors (Lipinski definition) is 5. The fourth-order valence-electron chi connectivity index (χ4n) is 2.18. The van der Waals surface area contributed by atoms with Gasteiger partial charge in [0.15, 0.2) is 0 Å². The van der Waals surface area contributed by atoms with E-state index in [9.17, 15) is 8.42 Å². The molecule has 0 unspecified atom stereocenters. The average molecular weight is 362 g/mol. The van der Waals surface area contributed by atoms with Crippen LogP contribution in [0.4, 0.5) is 0 Å². The van der Waals surface area contributed by atoms with Gasteiger partial charge in [-0.05, 0) is 29.2 Å². The summed E-state index contributed by atoms with van der Waals surface area (Å²) < 4.78 is 35.1. The molecule has 2 aromatic carbocycles. The Morgan fingerprint density at radius 1 is 1.04 bits per heavy atom. The van der Waals surface area contributed by atoms with Crippen LogP contribution in [0.2, 0.25) is 0 Å². The van der Waals surface area contributed by atoms with Gasteiger partial charge in [-0.25, -0.2) is 0 Å². The van der Waals surface area contributed by atoms with E-state index in [0.717, 1.165) is 5.56 Å². The second-order valence-electron chi connectivity index (χ2n) is 5.69. The standard InChI is InChI=1S/C18H22N2O4S/c1-13(2)15-7-5-14(6-8-15)12-19-20-25(21,22)18-11-16(23-3)9-10-17(18)24-4/h5-13,20H,1-4H3/b19-12+. The predicted molar refractivity (Wildman–Crippen MR) is 98.0 cm³/mol. The van der Waals surface area contributed by atoms with Crippen LogP contribution >= 0.6 is 0 Å². The lowest BCUT2D eigenvalue weighted by atomic mass is 10.0. The third-order valence-corrected chi connectivity index (χ3v) is 4.89. The van der Waals surface area contributed by atoms with Gasteiger partial charge in [0, 0.05) is 6.07 Å². The van der Waals surface area contributed by atoms with Crippen molar-refractivity contribution in [3.63, 3.8) is 0 Å². The van der Waals surface area contributed by atoms with Gasteiger partial charge in [-0.15, -0.1) is 0 Å². The molecule has 0 aromatic heterocycles. The van der Waals surface area contributed by atoms with Crippen LogP contribution in [0.15, 0.2) is 52.5 Å². The number of benzene rings is 2. The Morgan fingerprint density at radius 3 is 2.28 bits per heavy atom. The monoisotopic (exact) mass is 362 g/mol. The van der Waals surface area contributed by atoms with Crippen molar-refractivity contribution in [1.29, 1.82) is 0 Å². The summed E-state index contributed by atoms with van der Waals surface area (Å²) in [5.41, 5.74) is 2.00. The molecule has 0 saturated heterocycles. The number of sulfonamides is 1. The molecule has 0 atom stereocenters. The Morgan fingerprint density at radius 2 is 1.72 bits per heavy atom. The minimum Gasteiger partial charge on any atom is -0.497 e. The maximum Gasteiger partial charge on any atom is 0.280 e. The summed E-state index contributed by atoms with van der Waals surface area (Å²) in [6.45, 7) is 4.22. The molecule has 134 valence electrons. The highest BCUT2D eigenvalue weighted by Crippen LogP contribution is 2.27. The molecular weight excluding hydrogens is 340 g/mol. The third-order valence-electron chi connectivity index (χ3n) is 3.65. The number of rotatable bonds is 7. The van der Waals surface area contributed by atoms with E-state index in [4.69, 9.17) is 9.47 Å². The normalized spacial score (nSPS) is 11.7. The Bertz CT molecular complexity index is 844. The maximum absolute atomic E-state index is 12.5. The maximum atomic E-state index is 12.5. The molecule has 2 aromatic rings. The number of hydrazone groups is 1. The number of nitrogens with one attached hydrogen (secondary N) is 1. The summed E-state index contributed by atoms with van der Waals surface area (Å²) in [5.74, 6) is 1.06. The lowest BCUT2D eigenvalue weighted by molar-refractivity contribution is 0.392. The van der Waals surface area contributed by atoms with Crippen molar-refractivity contribution in [3.8, 4) is 11.5 Å². The molecule has 0 radical (unpaired) electrons. The van der Waals surface area contributed by atoms with Gasteiger partial charge in [-0.1, -0.05) is 38.1 Å². The van der Waals surface area contributed by atoms with E-state index < -0.39 is 10.0 Å². The zero-order valence-corrected chi connectivity index (χ0v) is 15.5. The second-order valence-corrected chi connectivity index (χ2v) is 7.32. The quantitative estimate of drug-likeness (QED) is 0.606. The van der Waals surface area contributed by atoms with E-state index in [1.807, 2.05) is 24.3 Å². The van der Waals surface area contributed by atoms with Crippen LogP contribution in [0.5, 0.6) is 11.5 Å². The molecule has 1 N–H and O–H groups in total. The van der Waals surface area contributed by atoms with Crippen LogP contribution in [0, 0.1) is 0 Å². The van der Waals surface area contributed by atoms with Crippen molar-refractivity contribution in [2.75, 3.05) is 14.2 Å². The molecule has 0 amide bonds. The Hall–Kier alpha value is -2.54. The van der Waals surface area contributed by atoms with Gasteiger partial charge < -0.3 is 9.47 Å². The number of hydrogen-bond donors (Lipinski definition) is 1. The smallest absolute Gasteiger partial charge is 0.280 e. The summed E-state index contributed by atoms with van der Waals surface area (Å²) in [7, 11) is -1.01. The van der Waals surface area contributed by atoms with Gasteiger partial charge in [0.1, 0.15) is 16.4 Å². The second kappa shape index (κ2) is 8.02. The highest BCUT2D eigenvalue weighted by atomic mass is 32.2. The zero-order chi connectivity index (χ0) is 18.4. The summed E-state index contributed by atoms with van der Waals surface area (Å²) in [5, 5.41) is 3.84. The van der Waals surface area contributed by atoms with Crippen LogP contribution in [-0.4, -0.2) is 28.9 Å². The van der Waals surface area contributed by atoms with E-state index in [2.05, 4.69) is 23.8 Å². The molecule has 0 aliphatic rings. The molecular formula is C18H22N2O4S. The lowest BCUT2D eigenvalue weighted by Crippen LogP contribution is -2.19. The van der Waals surface area contributed by atoms with Crippen LogP contribution in [0.1, 0.15) is 30.9 Å². The first-order valence-electron chi connectivity index (χ1n) is 7.74. The number of ether oxygens (including phenoxy) is 2. The van der Waals surface area contributed by atoms with Crippen molar-refractivity contribution >= 4 is 16.2 Å². The Labute approximate surface area is 148 Å². The lowest BCUT2D eigenvalue weighted by Gasteiger charge is -2.10. The Balaban J connectivity index is 2.18. The predicted octanol–water partition coefficient (Wildman–Crippen LogP) is 3.14. The summed E-state index contributed by atoms with van der Waals surface area (Å²) in [4.78, 5) is 2.15. The molecule has 0 bridgehead atoms. The SMILES string of the molecule is COc1ccc(OC)c(S(=O)(=O)N/N=C/c2ccc(C(C)C)cc2)c1. The fraction of sp³-hybridized carbons (Fsp3) is 0.278. The van der Waals surface area contributed by atoms with Crippen LogP contribution in [-0.2, 0) is 10.0 Å². The van der Waals surface area contributed by atoms with E-state index in [0.29, 0.717) is 11.7 Å². The van der Waals surface area contributed by atoms with Crippen molar-refractivity contribution in [1.82, 2.24) is 4.83 Å². The highest BCUT2D eigenvalue weighted by Gasteiger charge is 2.19. The molecule has 0 fully saturated rings. The Kier molecular flexibility index (Phi) is 6.03. The molecule has 7 heteroatoms. The average Bonchev–Trinajstić information content (AvgIpc) is 2.61. The summed E-state index contributed by atoms with van der Waals surface area (Å²) >= 11 is 0. The van der Waals surface area contributed by atoms with E-state index >= 15 is 0 Å². The van der Waals surface area contributed by atoms with Gasteiger partial charge >= 0.3 is 0 Å². The largest absolute Gasteiger partial charge is 0.497 e. The van der Waals surface area contributed by atoms with Gasteiger partial charge in [0.2, 0.25) is 0 Å². The van der Waals surface area contributed by atoms with Gasteiger partial charge in [0.25, 0.3) is 10.0 Å². The first-order chi connectivity index (χ1) is 11.9. The topological polar surface area (TPSA) is 77.0 Å². The van der Waals surface area contributed by atoms with Crippen molar-refractivity contribution < 1.29 is 17.9 Å². The molecule has 2 rings (SSSR count). The van der Waals surface area contributed by atoms with Crippen LogP contribution in [0.25, 0.3) is 0 Å². The molecule has 25 heavy (non-hydrogen) atoms. The van der Waals surface area contributed by atoms with E-state index in [1.54, 1.807) is 6.07 Å². The van der Waals surface area contributed by atoms with Crippen LogP contribution in [0.3, 0.4) is 0 Å². The fourth-order valence-corrected chi connectivity index (χ4v) is 3.16. The minimum absolute atomic E-state index is 0.0401. The van der Waals surface area contributed by atoms with Gasteiger partial charge in [-0.2, -0.15) is 18.4 Å². The van der Waals surface area contributed by atoms with Gasteiger partial charge in [0.05, 0.1) is 20.4 Å². The molecule has 0 aliphatic heterocycles. The van der Waals surface area contributed by atoms with Gasteiger partial charge in [-0.3, -0.25) is 0 Å². The van der Waals surface area contributed by atoms with E-state index in [1.165, 1.54) is 38.1 Å². The summed E-state index contributed by atoms with van der Waals surface area (Å²) in [6, 6.07) is 12.3. The van der Waals surface area contributed by atoms with E-state index in [-0.39, 0.29) is 10.6 Å². The minimum atomic E-state index is -3.88.